The predicted octanol–water partition coefficient (Wildman–Crippen LogP) is 6.48. The highest BCUT2D eigenvalue weighted by Crippen LogP contribution is 2.34. The van der Waals surface area contributed by atoms with E-state index in [1.54, 1.807) is 0 Å². The van der Waals surface area contributed by atoms with E-state index in [4.69, 9.17) is 0 Å². The van der Waals surface area contributed by atoms with Gasteiger partial charge in [0.25, 0.3) is 12.3 Å². The molecular weight excluding hydrogens is 435 g/mol. The van der Waals surface area contributed by atoms with Crippen molar-refractivity contribution in [3.63, 3.8) is 0 Å². The summed E-state index contributed by atoms with van der Waals surface area (Å²) in [6.45, 7) is 1.38. The summed E-state index contributed by atoms with van der Waals surface area (Å²) in [6, 6.07) is 5.13. The highest BCUT2D eigenvalue weighted by Gasteiger charge is 2.30. The fourth-order valence-corrected chi connectivity index (χ4v) is 2.83. The molecule has 1 unspecified atom stereocenters. The van der Waals surface area contributed by atoms with Crippen LogP contribution in [0.4, 0.5) is 36.4 Å². The Hall–Kier alpha value is -1.94. The number of nitrogens with one attached hydrogen (secondary N) is 1. The smallest absolute Gasteiger partial charge is 0.319 e. The maximum Gasteiger partial charge on any atom is 0.416 e. The summed E-state index contributed by atoms with van der Waals surface area (Å²) in [5.41, 5.74) is -3.89. The summed E-state index contributed by atoms with van der Waals surface area (Å²) in [6.07, 6.45) is -7.82. The van der Waals surface area contributed by atoms with Gasteiger partial charge in [-0.05, 0) is 48.9 Å². The van der Waals surface area contributed by atoms with Gasteiger partial charge in [0.15, 0.2) is 0 Å². The Morgan fingerprint density at radius 3 is 2.14 bits per heavy atom. The van der Waals surface area contributed by atoms with Crippen molar-refractivity contribution in [2.24, 2.45) is 0 Å². The summed E-state index contributed by atoms with van der Waals surface area (Å²) >= 11 is 0.169. The normalized spacial score (nSPS) is 12.5. The van der Waals surface area contributed by atoms with E-state index in [0.29, 0.717) is 12.1 Å². The van der Waals surface area contributed by atoms with Crippen molar-refractivity contribution in [3.05, 3.63) is 58.9 Å². The number of halogens is 8. The van der Waals surface area contributed by atoms with Crippen LogP contribution in [0.3, 0.4) is 0 Å². The predicted molar refractivity (Wildman–Crippen MR) is 94.5 cm³/mol. The summed E-state index contributed by atoms with van der Waals surface area (Å²) in [5.74, 6) is -1.81. The first-order valence-corrected chi connectivity index (χ1v) is 8.24. The quantitative estimate of drug-likeness (QED) is 0.420. The molecule has 0 saturated carbocycles. The number of carbonyl (C=O) groups excluding carboxylic acids is 1. The van der Waals surface area contributed by atoms with Gasteiger partial charge < -0.3 is 5.32 Å². The molecule has 11 heteroatoms. The van der Waals surface area contributed by atoms with Crippen LogP contribution in [0.25, 0.3) is 0 Å². The molecular formula is C17H13ClF7NOS. The van der Waals surface area contributed by atoms with E-state index in [0.717, 1.165) is 24.3 Å². The van der Waals surface area contributed by atoms with Gasteiger partial charge in [-0.3, -0.25) is 4.79 Å². The third kappa shape index (κ3) is 6.03. The molecule has 0 saturated heterocycles. The number of hydrogen-bond acceptors (Lipinski definition) is 2. The van der Waals surface area contributed by atoms with Crippen molar-refractivity contribution < 1.29 is 35.5 Å². The molecule has 154 valence electrons. The Balaban J connectivity index is 0.00000392. The Labute approximate surface area is 165 Å². The lowest BCUT2D eigenvalue weighted by Crippen LogP contribution is -2.14. The Bertz CT molecular complexity index is 827. The summed E-state index contributed by atoms with van der Waals surface area (Å²) < 4.78 is 89.5. The minimum Gasteiger partial charge on any atom is -0.319 e. The van der Waals surface area contributed by atoms with Crippen molar-refractivity contribution in [1.82, 2.24) is 0 Å². The van der Waals surface area contributed by atoms with Crippen LogP contribution in [0.15, 0.2) is 41.3 Å². The van der Waals surface area contributed by atoms with Gasteiger partial charge >= 0.3 is 6.18 Å². The SMILES string of the molecule is Cc1cc(F)c(NC(=O)c2ccc(C(F)(F)F)cc2)cc1SC(F)C(F)F.Cl. The van der Waals surface area contributed by atoms with Gasteiger partial charge in [-0.1, -0.05) is 11.8 Å². The van der Waals surface area contributed by atoms with Crippen molar-refractivity contribution in [2.75, 3.05) is 5.32 Å². The maximum absolute atomic E-state index is 14.0. The first-order chi connectivity index (χ1) is 12.5. The van der Waals surface area contributed by atoms with Gasteiger partial charge in [-0.25, -0.2) is 17.6 Å². The first kappa shape index (κ1) is 24.1. The summed E-state index contributed by atoms with van der Waals surface area (Å²) in [5, 5.41) is 2.14. The molecule has 28 heavy (non-hydrogen) atoms. The lowest BCUT2D eigenvalue weighted by atomic mass is 10.1. The standard InChI is InChI=1S/C17H12F7NOS.ClH/c1-8-6-11(18)12(7-13(8)27-15(21)14(19)20)25-16(26)9-2-4-10(5-3-9)17(22,23)24;/h2-7,14-15H,1H3,(H,25,26);1H. The molecule has 0 aliphatic carbocycles. The number of thioether (sulfide) groups is 1. The van der Waals surface area contributed by atoms with Crippen molar-refractivity contribution >= 4 is 35.8 Å². The van der Waals surface area contributed by atoms with E-state index in [-0.39, 0.29) is 40.2 Å². The highest BCUT2D eigenvalue weighted by molar-refractivity contribution is 7.99. The number of alkyl halides is 6. The van der Waals surface area contributed by atoms with Crippen molar-refractivity contribution in [1.29, 1.82) is 0 Å². The summed E-state index contributed by atoms with van der Waals surface area (Å²) in [7, 11) is 0. The molecule has 0 heterocycles. The molecule has 0 spiro atoms. The topological polar surface area (TPSA) is 29.1 Å². The van der Waals surface area contributed by atoms with E-state index >= 15 is 0 Å². The van der Waals surface area contributed by atoms with Gasteiger partial charge in [-0.15, -0.1) is 12.4 Å². The van der Waals surface area contributed by atoms with Crippen LogP contribution in [0.1, 0.15) is 21.5 Å². The highest BCUT2D eigenvalue weighted by atomic mass is 35.5. The Kier molecular flexibility index (Phi) is 8.18. The Morgan fingerprint density at radius 2 is 1.64 bits per heavy atom. The molecule has 0 aromatic heterocycles. The zero-order valence-corrected chi connectivity index (χ0v) is 15.6. The molecule has 0 aliphatic rings. The van der Waals surface area contributed by atoms with Crippen LogP contribution in [0.5, 0.6) is 0 Å². The second-order valence-corrected chi connectivity index (χ2v) is 6.56. The second-order valence-electron chi connectivity index (χ2n) is 5.43. The van der Waals surface area contributed by atoms with Crippen LogP contribution < -0.4 is 5.32 Å². The first-order valence-electron chi connectivity index (χ1n) is 7.36. The fraction of sp³-hybridized carbons (Fsp3) is 0.235. The molecule has 0 fully saturated rings. The van der Waals surface area contributed by atoms with Gasteiger partial charge in [0.05, 0.1) is 11.3 Å². The second kappa shape index (κ2) is 9.51. The molecule has 2 aromatic carbocycles. The van der Waals surface area contributed by atoms with Gasteiger partial charge in [-0.2, -0.15) is 13.2 Å². The van der Waals surface area contributed by atoms with Crippen LogP contribution >= 0.6 is 24.2 Å². The molecule has 1 amide bonds. The minimum atomic E-state index is -4.57. The average molecular weight is 448 g/mol. The molecule has 2 aromatic rings. The molecule has 0 radical (unpaired) electrons. The summed E-state index contributed by atoms with van der Waals surface area (Å²) in [4.78, 5) is 12.1. The van der Waals surface area contributed by atoms with Crippen LogP contribution in [0.2, 0.25) is 0 Å². The van der Waals surface area contributed by atoms with Gasteiger partial charge in [0.1, 0.15) is 5.82 Å². The lowest BCUT2D eigenvalue weighted by molar-refractivity contribution is -0.137. The molecule has 2 rings (SSSR count). The molecule has 0 bridgehead atoms. The van der Waals surface area contributed by atoms with Gasteiger partial charge in [0, 0.05) is 10.5 Å². The third-order valence-corrected chi connectivity index (χ3v) is 4.55. The maximum atomic E-state index is 14.0. The van der Waals surface area contributed by atoms with Crippen molar-refractivity contribution in [3.8, 4) is 0 Å². The minimum absolute atomic E-state index is 0. The van der Waals surface area contributed by atoms with Gasteiger partial charge in [0.2, 0.25) is 5.50 Å². The fourth-order valence-electron chi connectivity index (χ4n) is 2.05. The molecule has 1 N–H and O–H groups in total. The number of amides is 1. The Morgan fingerprint density at radius 1 is 1.07 bits per heavy atom. The zero-order chi connectivity index (χ0) is 20.4. The van der Waals surface area contributed by atoms with E-state index in [1.165, 1.54) is 6.92 Å². The number of aryl methyl sites for hydroxylation is 1. The number of carbonyl (C=O) groups is 1. The van der Waals surface area contributed by atoms with Crippen LogP contribution in [-0.4, -0.2) is 17.8 Å². The lowest BCUT2D eigenvalue weighted by Gasteiger charge is -2.13. The largest absolute Gasteiger partial charge is 0.416 e. The van der Waals surface area contributed by atoms with E-state index in [2.05, 4.69) is 5.32 Å². The molecule has 0 aliphatic heterocycles. The number of anilines is 1. The van der Waals surface area contributed by atoms with Crippen LogP contribution in [-0.2, 0) is 6.18 Å². The monoisotopic (exact) mass is 447 g/mol. The van der Waals surface area contributed by atoms with Crippen molar-refractivity contribution in [2.45, 2.75) is 29.9 Å². The molecule has 2 nitrogen and oxygen atoms in total. The van der Waals surface area contributed by atoms with E-state index < -0.39 is 41.1 Å². The number of rotatable bonds is 5. The van der Waals surface area contributed by atoms with E-state index in [9.17, 15) is 35.5 Å². The zero-order valence-electron chi connectivity index (χ0n) is 14.0. The van der Waals surface area contributed by atoms with E-state index in [1.807, 2.05) is 0 Å². The third-order valence-electron chi connectivity index (χ3n) is 3.42. The average Bonchev–Trinajstić information content (AvgIpc) is 2.58. The van der Waals surface area contributed by atoms with Crippen LogP contribution in [0, 0.1) is 12.7 Å². The number of benzene rings is 2. The molecule has 1 atom stereocenters. The number of hydrogen-bond donors (Lipinski definition) is 1.